The lowest BCUT2D eigenvalue weighted by Crippen LogP contribution is -2.24. The third-order valence-corrected chi connectivity index (χ3v) is 5.13. The van der Waals surface area contributed by atoms with E-state index in [4.69, 9.17) is 4.42 Å². The molecule has 1 aromatic heterocycles. The van der Waals surface area contributed by atoms with Crippen molar-refractivity contribution in [3.05, 3.63) is 47.2 Å². The first-order chi connectivity index (χ1) is 10.7. The molecule has 2 rings (SSSR count). The van der Waals surface area contributed by atoms with Crippen LogP contribution < -0.4 is 5.32 Å². The Kier molecular flexibility index (Phi) is 4.86. The lowest BCUT2D eigenvalue weighted by molar-refractivity contribution is 0.0947. The predicted octanol–water partition coefficient (Wildman–Crippen LogP) is 1.47. The standard InChI is InChI=1S/C15H19N3O4S/c1-10-14(22-11(2)17-10)9-16-15(19)12-5-7-13(8-6-12)23(20,21)18(3)4/h5-8H,9H2,1-4H3,(H,16,19). The Morgan fingerprint density at radius 3 is 2.30 bits per heavy atom. The molecule has 8 heteroatoms. The van der Waals surface area contributed by atoms with Crippen LogP contribution in [0.2, 0.25) is 0 Å². The molecule has 2 aromatic rings. The molecular weight excluding hydrogens is 318 g/mol. The maximum Gasteiger partial charge on any atom is 0.251 e. The summed E-state index contributed by atoms with van der Waals surface area (Å²) in [6, 6.07) is 5.77. The maximum absolute atomic E-state index is 12.1. The Bertz CT molecular complexity index is 808. The van der Waals surface area contributed by atoms with Crippen molar-refractivity contribution >= 4 is 15.9 Å². The number of aromatic nitrogens is 1. The molecule has 0 bridgehead atoms. The summed E-state index contributed by atoms with van der Waals surface area (Å²) in [5.41, 5.74) is 1.10. The minimum Gasteiger partial charge on any atom is -0.444 e. The summed E-state index contributed by atoms with van der Waals surface area (Å²) in [7, 11) is -0.587. The summed E-state index contributed by atoms with van der Waals surface area (Å²) >= 11 is 0. The summed E-state index contributed by atoms with van der Waals surface area (Å²) in [5, 5.41) is 2.72. The second-order valence-corrected chi connectivity index (χ2v) is 7.39. The average molecular weight is 337 g/mol. The summed E-state index contributed by atoms with van der Waals surface area (Å²) in [6.07, 6.45) is 0. The minimum absolute atomic E-state index is 0.140. The fourth-order valence-corrected chi connectivity index (χ4v) is 2.89. The van der Waals surface area contributed by atoms with E-state index in [0.29, 0.717) is 17.2 Å². The Balaban J connectivity index is 2.07. The Morgan fingerprint density at radius 2 is 1.83 bits per heavy atom. The van der Waals surface area contributed by atoms with E-state index in [2.05, 4.69) is 10.3 Å². The number of nitrogens with one attached hydrogen (secondary N) is 1. The number of oxazole rings is 1. The van der Waals surface area contributed by atoms with Crippen LogP contribution in [0.4, 0.5) is 0 Å². The third kappa shape index (κ3) is 3.77. The van der Waals surface area contributed by atoms with Crippen molar-refractivity contribution in [1.29, 1.82) is 0 Å². The van der Waals surface area contributed by atoms with Gasteiger partial charge in [0.05, 0.1) is 17.1 Å². The van der Waals surface area contributed by atoms with Crippen LogP contribution in [0, 0.1) is 13.8 Å². The van der Waals surface area contributed by atoms with Crippen molar-refractivity contribution in [2.75, 3.05) is 14.1 Å². The molecule has 1 N–H and O–H groups in total. The van der Waals surface area contributed by atoms with Crippen molar-refractivity contribution in [3.63, 3.8) is 0 Å². The average Bonchev–Trinajstić information content (AvgIpc) is 2.82. The van der Waals surface area contributed by atoms with Gasteiger partial charge >= 0.3 is 0 Å². The van der Waals surface area contributed by atoms with Gasteiger partial charge in [-0.2, -0.15) is 0 Å². The number of amides is 1. The highest BCUT2D eigenvalue weighted by atomic mass is 32.2. The van der Waals surface area contributed by atoms with Crippen LogP contribution in [0.5, 0.6) is 0 Å². The molecule has 0 aliphatic heterocycles. The highest BCUT2D eigenvalue weighted by molar-refractivity contribution is 7.89. The Morgan fingerprint density at radius 1 is 1.22 bits per heavy atom. The molecular formula is C15H19N3O4S. The summed E-state index contributed by atoms with van der Waals surface area (Å²) in [5.74, 6) is 0.833. The number of sulfonamides is 1. The van der Waals surface area contributed by atoms with Crippen molar-refractivity contribution in [3.8, 4) is 0 Å². The molecule has 124 valence electrons. The molecule has 0 unspecified atom stereocenters. The predicted molar refractivity (Wildman–Crippen MR) is 84.5 cm³/mol. The molecule has 0 radical (unpaired) electrons. The number of nitrogens with zero attached hydrogens (tertiary/aromatic N) is 2. The van der Waals surface area contributed by atoms with Gasteiger partial charge in [-0.25, -0.2) is 17.7 Å². The second-order valence-electron chi connectivity index (χ2n) is 5.24. The van der Waals surface area contributed by atoms with E-state index in [1.54, 1.807) is 13.8 Å². The number of carbonyl (C=O) groups is 1. The van der Waals surface area contributed by atoms with E-state index in [1.807, 2.05) is 0 Å². The van der Waals surface area contributed by atoms with Gasteiger partial charge in [-0.1, -0.05) is 0 Å². The molecule has 0 saturated heterocycles. The highest BCUT2D eigenvalue weighted by Gasteiger charge is 2.17. The van der Waals surface area contributed by atoms with E-state index in [-0.39, 0.29) is 17.3 Å². The van der Waals surface area contributed by atoms with E-state index in [1.165, 1.54) is 38.4 Å². The smallest absolute Gasteiger partial charge is 0.251 e. The van der Waals surface area contributed by atoms with E-state index >= 15 is 0 Å². The van der Waals surface area contributed by atoms with Crippen LogP contribution in [0.3, 0.4) is 0 Å². The van der Waals surface area contributed by atoms with Crippen LogP contribution in [0.1, 0.15) is 27.7 Å². The van der Waals surface area contributed by atoms with Crippen molar-refractivity contribution in [2.24, 2.45) is 0 Å². The van der Waals surface area contributed by atoms with Crippen molar-refractivity contribution in [1.82, 2.24) is 14.6 Å². The van der Waals surface area contributed by atoms with Gasteiger partial charge < -0.3 is 9.73 Å². The molecule has 1 amide bonds. The molecule has 7 nitrogen and oxygen atoms in total. The first kappa shape index (κ1) is 17.2. The highest BCUT2D eigenvalue weighted by Crippen LogP contribution is 2.14. The van der Waals surface area contributed by atoms with Crippen LogP contribution in [0.25, 0.3) is 0 Å². The first-order valence-electron chi connectivity index (χ1n) is 6.95. The quantitative estimate of drug-likeness (QED) is 0.892. The van der Waals surface area contributed by atoms with Gasteiger partial charge in [0.2, 0.25) is 10.0 Å². The molecule has 0 atom stereocenters. The van der Waals surface area contributed by atoms with E-state index < -0.39 is 10.0 Å². The number of carbonyl (C=O) groups excluding carboxylic acids is 1. The lowest BCUT2D eigenvalue weighted by Gasteiger charge is -2.11. The lowest BCUT2D eigenvalue weighted by atomic mass is 10.2. The van der Waals surface area contributed by atoms with E-state index in [9.17, 15) is 13.2 Å². The summed E-state index contributed by atoms with van der Waals surface area (Å²) in [6.45, 7) is 3.77. The Hall–Kier alpha value is -2.19. The number of hydrogen-bond acceptors (Lipinski definition) is 5. The number of benzene rings is 1. The van der Waals surface area contributed by atoms with Crippen LogP contribution >= 0.6 is 0 Å². The zero-order valence-electron chi connectivity index (χ0n) is 13.5. The van der Waals surface area contributed by atoms with Gasteiger partial charge in [0.15, 0.2) is 5.89 Å². The molecule has 1 aromatic carbocycles. The van der Waals surface area contributed by atoms with Gasteiger partial charge in [0.25, 0.3) is 5.91 Å². The van der Waals surface area contributed by atoms with Crippen LogP contribution in [-0.2, 0) is 16.6 Å². The van der Waals surface area contributed by atoms with Crippen LogP contribution in [0.15, 0.2) is 33.6 Å². The molecule has 0 spiro atoms. The van der Waals surface area contributed by atoms with Crippen LogP contribution in [-0.4, -0.2) is 37.7 Å². The van der Waals surface area contributed by atoms with Gasteiger partial charge in [-0.05, 0) is 31.2 Å². The number of hydrogen-bond donors (Lipinski definition) is 1. The molecule has 23 heavy (non-hydrogen) atoms. The Labute approximate surface area is 135 Å². The molecule has 0 fully saturated rings. The largest absolute Gasteiger partial charge is 0.444 e. The van der Waals surface area contributed by atoms with Crippen molar-refractivity contribution < 1.29 is 17.6 Å². The van der Waals surface area contributed by atoms with Crippen molar-refractivity contribution in [2.45, 2.75) is 25.3 Å². The fourth-order valence-electron chi connectivity index (χ4n) is 1.99. The maximum atomic E-state index is 12.1. The molecule has 0 saturated carbocycles. The SMILES string of the molecule is Cc1nc(C)c(CNC(=O)c2ccc(S(=O)(=O)N(C)C)cc2)o1. The minimum atomic E-state index is -3.50. The number of aryl methyl sites for hydroxylation is 2. The first-order valence-corrected chi connectivity index (χ1v) is 8.39. The monoisotopic (exact) mass is 337 g/mol. The molecule has 1 heterocycles. The summed E-state index contributed by atoms with van der Waals surface area (Å²) < 4.78 is 30.4. The van der Waals surface area contributed by atoms with Gasteiger partial charge in [0, 0.05) is 26.6 Å². The van der Waals surface area contributed by atoms with Gasteiger partial charge in [-0.15, -0.1) is 0 Å². The molecule has 0 aliphatic rings. The van der Waals surface area contributed by atoms with E-state index in [0.717, 1.165) is 10.00 Å². The van der Waals surface area contributed by atoms with Gasteiger partial charge in [0.1, 0.15) is 5.76 Å². The summed E-state index contributed by atoms with van der Waals surface area (Å²) in [4.78, 5) is 16.4. The fraction of sp³-hybridized carbons (Fsp3) is 0.333. The third-order valence-electron chi connectivity index (χ3n) is 3.30. The zero-order valence-corrected chi connectivity index (χ0v) is 14.3. The zero-order chi connectivity index (χ0) is 17.2. The topological polar surface area (TPSA) is 92.5 Å². The number of rotatable bonds is 5. The second kappa shape index (κ2) is 6.51. The normalized spacial score (nSPS) is 11.7. The van der Waals surface area contributed by atoms with Gasteiger partial charge in [-0.3, -0.25) is 4.79 Å². The molecule has 0 aliphatic carbocycles.